The van der Waals surface area contributed by atoms with Gasteiger partial charge in [-0.3, -0.25) is 0 Å². The first-order valence-corrected chi connectivity index (χ1v) is 30.5. The maximum absolute atomic E-state index is 2.48. The molecule has 0 bridgehead atoms. The van der Waals surface area contributed by atoms with Gasteiger partial charge in [0.05, 0.1) is 44.1 Å². The van der Waals surface area contributed by atoms with Gasteiger partial charge in [0, 0.05) is 65.8 Å². The molecule has 16 aromatic carbocycles. The average Bonchev–Trinajstić information content (AvgIpc) is 1.70. The Balaban J connectivity index is 0.737. The monoisotopic (exact) mass is 1110 g/mol. The molecule has 0 aliphatic rings. The molecule has 0 amide bonds. The Morgan fingerprint density at radius 1 is 0.148 bits per heavy atom. The predicted octanol–water partition coefficient (Wildman–Crippen LogP) is 22.7. The van der Waals surface area contributed by atoms with Crippen LogP contribution < -0.4 is 0 Å². The van der Waals surface area contributed by atoms with Crippen LogP contribution in [0.5, 0.6) is 0 Å². The maximum atomic E-state index is 2.48. The summed E-state index contributed by atoms with van der Waals surface area (Å²) in [7, 11) is 0. The zero-order valence-corrected chi connectivity index (χ0v) is 47.7. The third-order valence-electron chi connectivity index (χ3n) is 19.5. The van der Waals surface area contributed by atoms with Gasteiger partial charge >= 0.3 is 0 Å². The van der Waals surface area contributed by atoms with Crippen LogP contribution in [0.25, 0.3) is 186 Å². The minimum Gasteiger partial charge on any atom is -0.309 e. The second-order valence-electron chi connectivity index (χ2n) is 23.9. The number of aromatic nitrogens is 4. The molecule has 20 rings (SSSR count). The molecule has 4 heterocycles. The Bertz CT molecular complexity index is 6320. The standard InChI is InChI=1S/C84H50N4/c1-2-20-59-57(18-1)58-19-3-4-21-60(58)72-48-53(37-41-62(59)72)88-78-33-14-9-25-66(78)69-43-39-55(50-83(69)88)87-79-34-15-10-26-67(79)74-46-51(36-44-81(74)87)56-29-17-30-71-63-42-38-52(47-73(63)61-22-5-6-28-70(61)84(56)71)86-80-35-16-11-27-68(80)75-49-54(40-45-82(75)86)85-76-31-12-7-23-64(76)65-24-8-13-32-77(65)85/h1-50H. The van der Waals surface area contributed by atoms with E-state index in [9.17, 15) is 0 Å². The molecular weight excluding hydrogens is 1060 g/mol. The van der Waals surface area contributed by atoms with Crippen molar-refractivity contribution >= 4 is 152 Å². The van der Waals surface area contributed by atoms with Crippen LogP contribution in [0.1, 0.15) is 0 Å². The van der Waals surface area contributed by atoms with E-state index in [1.807, 2.05) is 0 Å². The Morgan fingerprint density at radius 2 is 0.420 bits per heavy atom. The van der Waals surface area contributed by atoms with Crippen LogP contribution in [0.3, 0.4) is 0 Å². The molecule has 406 valence electrons. The second-order valence-corrected chi connectivity index (χ2v) is 23.9. The summed E-state index contributed by atoms with van der Waals surface area (Å²) >= 11 is 0. The predicted molar refractivity (Wildman–Crippen MR) is 374 cm³/mol. The van der Waals surface area contributed by atoms with Crippen molar-refractivity contribution in [1.29, 1.82) is 0 Å². The van der Waals surface area contributed by atoms with E-state index in [1.165, 1.54) is 163 Å². The summed E-state index contributed by atoms with van der Waals surface area (Å²) in [5.41, 5.74) is 16.5. The summed E-state index contributed by atoms with van der Waals surface area (Å²) in [5, 5.41) is 25.0. The summed E-state index contributed by atoms with van der Waals surface area (Å²) in [6, 6.07) is 113. The normalized spacial score (nSPS) is 12.3. The van der Waals surface area contributed by atoms with Gasteiger partial charge in [0.25, 0.3) is 0 Å². The van der Waals surface area contributed by atoms with Crippen molar-refractivity contribution in [3.63, 3.8) is 0 Å². The van der Waals surface area contributed by atoms with Crippen molar-refractivity contribution in [2.75, 3.05) is 0 Å². The Kier molecular flexibility index (Phi) is 9.69. The molecule has 0 radical (unpaired) electrons. The highest BCUT2D eigenvalue weighted by molar-refractivity contribution is 6.30. The van der Waals surface area contributed by atoms with Crippen LogP contribution in [0, 0.1) is 0 Å². The first kappa shape index (κ1) is 47.6. The second kappa shape index (κ2) is 17.9. The Hall–Kier alpha value is -11.7. The van der Waals surface area contributed by atoms with E-state index in [2.05, 4.69) is 322 Å². The van der Waals surface area contributed by atoms with Gasteiger partial charge in [-0.25, -0.2) is 0 Å². The number of hydrogen-bond donors (Lipinski definition) is 0. The molecule has 0 N–H and O–H groups in total. The van der Waals surface area contributed by atoms with Crippen molar-refractivity contribution in [2.45, 2.75) is 0 Å². The zero-order chi connectivity index (χ0) is 57.3. The smallest absolute Gasteiger partial charge is 0.0561 e. The van der Waals surface area contributed by atoms with Gasteiger partial charge in [0.1, 0.15) is 0 Å². The lowest BCUT2D eigenvalue weighted by molar-refractivity contribution is 1.16. The number of fused-ring (bicyclic) bond motifs is 24. The molecule has 4 nitrogen and oxygen atoms in total. The van der Waals surface area contributed by atoms with E-state index in [-0.39, 0.29) is 0 Å². The van der Waals surface area contributed by atoms with Gasteiger partial charge < -0.3 is 18.3 Å². The molecule has 4 heteroatoms. The van der Waals surface area contributed by atoms with Crippen molar-refractivity contribution in [2.24, 2.45) is 0 Å². The fraction of sp³-hybridized carbons (Fsp3) is 0. The Labute approximate surface area is 504 Å². The van der Waals surface area contributed by atoms with Crippen LogP contribution >= 0.6 is 0 Å². The molecule has 0 aliphatic heterocycles. The van der Waals surface area contributed by atoms with E-state index >= 15 is 0 Å². The highest BCUT2D eigenvalue weighted by Crippen LogP contribution is 2.46. The lowest BCUT2D eigenvalue weighted by atomic mass is 9.89. The molecule has 88 heavy (non-hydrogen) atoms. The molecule has 20 aromatic rings. The molecule has 0 spiro atoms. The quantitative estimate of drug-likeness (QED) is 0.153. The van der Waals surface area contributed by atoms with E-state index in [1.54, 1.807) is 0 Å². The summed E-state index contributed by atoms with van der Waals surface area (Å²) in [6.07, 6.45) is 0. The van der Waals surface area contributed by atoms with Gasteiger partial charge in [0.15, 0.2) is 0 Å². The molecule has 4 aromatic heterocycles. The molecule has 0 fully saturated rings. The average molecular weight is 1120 g/mol. The van der Waals surface area contributed by atoms with Crippen molar-refractivity contribution in [1.82, 2.24) is 18.3 Å². The van der Waals surface area contributed by atoms with Crippen molar-refractivity contribution < 1.29 is 0 Å². The number of para-hydroxylation sites is 5. The van der Waals surface area contributed by atoms with E-state index in [0.29, 0.717) is 0 Å². The van der Waals surface area contributed by atoms with Gasteiger partial charge in [0.2, 0.25) is 0 Å². The molecular formula is C84H50N4. The van der Waals surface area contributed by atoms with Crippen LogP contribution in [0.2, 0.25) is 0 Å². The summed E-state index contributed by atoms with van der Waals surface area (Å²) in [4.78, 5) is 0. The van der Waals surface area contributed by atoms with Gasteiger partial charge in [-0.2, -0.15) is 0 Å². The maximum Gasteiger partial charge on any atom is 0.0561 e. The van der Waals surface area contributed by atoms with Crippen LogP contribution in [-0.2, 0) is 0 Å². The molecule has 0 unspecified atom stereocenters. The first-order chi connectivity index (χ1) is 43.7. The van der Waals surface area contributed by atoms with Crippen molar-refractivity contribution in [3.05, 3.63) is 303 Å². The third kappa shape index (κ3) is 6.52. The molecule has 0 atom stereocenters. The minimum absolute atomic E-state index is 1.12. The largest absolute Gasteiger partial charge is 0.309 e. The lowest BCUT2D eigenvalue weighted by Crippen LogP contribution is -1.97. The van der Waals surface area contributed by atoms with E-state index in [4.69, 9.17) is 0 Å². The fourth-order valence-electron chi connectivity index (χ4n) is 15.8. The minimum atomic E-state index is 1.12. The summed E-state index contributed by atoms with van der Waals surface area (Å²) in [6.45, 7) is 0. The van der Waals surface area contributed by atoms with Crippen LogP contribution in [0.15, 0.2) is 303 Å². The lowest BCUT2D eigenvalue weighted by Gasteiger charge is -2.16. The number of nitrogens with zero attached hydrogens (tertiary/aromatic N) is 4. The van der Waals surface area contributed by atoms with E-state index in [0.717, 1.165) is 22.7 Å². The fourth-order valence-corrected chi connectivity index (χ4v) is 15.8. The Morgan fingerprint density at radius 3 is 0.898 bits per heavy atom. The number of benzene rings is 16. The molecule has 0 aliphatic carbocycles. The van der Waals surface area contributed by atoms with E-state index < -0.39 is 0 Å². The highest BCUT2D eigenvalue weighted by Gasteiger charge is 2.22. The van der Waals surface area contributed by atoms with Gasteiger partial charge in [-0.15, -0.1) is 0 Å². The van der Waals surface area contributed by atoms with Crippen molar-refractivity contribution in [3.8, 4) is 33.9 Å². The third-order valence-corrected chi connectivity index (χ3v) is 19.5. The first-order valence-electron chi connectivity index (χ1n) is 30.5. The van der Waals surface area contributed by atoms with Gasteiger partial charge in [-0.1, -0.05) is 206 Å². The van der Waals surface area contributed by atoms with Crippen LogP contribution in [0.4, 0.5) is 0 Å². The number of hydrogen-bond acceptors (Lipinski definition) is 0. The number of rotatable bonds is 5. The highest BCUT2D eigenvalue weighted by atomic mass is 15.0. The summed E-state index contributed by atoms with van der Waals surface area (Å²) < 4.78 is 9.84. The van der Waals surface area contributed by atoms with Crippen LogP contribution in [-0.4, -0.2) is 18.3 Å². The van der Waals surface area contributed by atoms with Gasteiger partial charge in [-0.05, 0) is 173 Å². The zero-order valence-electron chi connectivity index (χ0n) is 47.7. The summed E-state index contributed by atoms with van der Waals surface area (Å²) in [5.74, 6) is 0. The molecule has 0 saturated carbocycles. The SMILES string of the molecule is c1ccc2c(c1)c1ccccc1c1cc(-n3c4ccccc4c4ccc(-n5c6ccccc6c6cc(-c7cccc8c9ccc(-n%10c%11ccccc%11c%11cc(-n%12c%13ccccc%13c%13ccccc%13%12)ccc%11%10)cc9c9ccccc9c78)ccc65)cc43)ccc21. The topological polar surface area (TPSA) is 19.7 Å². The molecule has 0 saturated heterocycles.